The quantitative estimate of drug-likeness (QED) is 0.0699. The lowest BCUT2D eigenvalue weighted by Crippen LogP contribution is -2.66. The molecule has 0 fully saturated rings. The van der Waals surface area contributed by atoms with Crippen LogP contribution in [0.4, 0.5) is 91.0 Å². The largest absolute Gasteiger partial charge is 0.494 e. The molecule has 120 heavy (non-hydrogen) atoms. The van der Waals surface area contributed by atoms with Crippen LogP contribution in [0.15, 0.2) is 419 Å². The van der Waals surface area contributed by atoms with Crippen LogP contribution in [-0.2, 0) is 0 Å². The summed E-state index contributed by atoms with van der Waals surface area (Å²) >= 11 is 0. The Morgan fingerprint density at radius 1 is 0.342 bits per heavy atom. The highest BCUT2D eigenvalue weighted by Gasteiger charge is 2.52. The van der Waals surface area contributed by atoms with E-state index in [0.717, 1.165) is 174 Å². The summed E-state index contributed by atoms with van der Waals surface area (Å²) in [4.78, 5) is 15.2. The lowest BCUT2D eigenvalue weighted by molar-refractivity contribution is 0.343. The average molecular weight is 1540 g/mol. The van der Waals surface area contributed by atoms with Gasteiger partial charge in [-0.15, -0.1) is 0 Å². The molecule has 17 aromatic carbocycles. The van der Waals surface area contributed by atoms with Crippen LogP contribution < -0.4 is 82.6 Å². The first-order chi connectivity index (χ1) is 59.3. The maximum absolute atomic E-state index is 8.28. The summed E-state index contributed by atoms with van der Waals surface area (Å²) in [5.41, 5.74) is 32.6. The summed E-state index contributed by atoms with van der Waals surface area (Å²) in [6, 6.07) is 154. The maximum Gasteiger partial charge on any atom is 0.256 e. The summed E-state index contributed by atoms with van der Waals surface area (Å²) in [7, 11) is 2.26. The fourth-order valence-corrected chi connectivity index (χ4v) is 19.7. The van der Waals surface area contributed by atoms with Gasteiger partial charge >= 0.3 is 0 Å². The van der Waals surface area contributed by atoms with Gasteiger partial charge in [0.2, 0.25) is 6.71 Å². The van der Waals surface area contributed by atoms with Gasteiger partial charge in [-0.05, 0) is 196 Å². The number of rotatable bonds is 20. The van der Waals surface area contributed by atoms with Gasteiger partial charge in [-0.1, -0.05) is 310 Å². The van der Waals surface area contributed by atoms with E-state index in [1.54, 1.807) is 0 Å². The number of hydrogen-bond donors (Lipinski definition) is 0. The minimum atomic E-state index is -0.394. The summed E-state index contributed by atoms with van der Waals surface area (Å²) < 4.78 is 15.3. The zero-order chi connectivity index (χ0) is 80.3. The molecule has 17 aromatic rings. The zero-order valence-electron chi connectivity index (χ0n) is 67.4. The SMILES string of the molecule is CCOc1ccccc1B(c1cc2c(cc1N(C)c1ccccc1)N(c1ccccc1)c1cc3c(c4c1B2c1ccccc1O4)B1c2ccccc2N(c2ccccc2)c2cc(N(c4ccccc4)c4ccccc4)cc(c21)N3c1c(-c2ccccc2)cccc1-c1ccccc1)[C@H](C)C(C)N(c1ccccc1)c1ccccc1-c1ccccc1. The van der Waals surface area contributed by atoms with Crippen LogP contribution in [0.25, 0.3) is 33.4 Å². The van der Waals surface area contributed by atoms with E-state index in [0.29, 0.717) is 6.61 Å². The molecule has 2 atom stereocenters. The van der Waals surface area contributed by atoms with E-state index in [2.05, 4.69) is 476 Å². The molecule has 11 heteroatoms. The highest BCUT2D eigenvalue weighted by Crippen LogP contribution is 2.56. The lowest BCUT2D eigenvalue weighted by Gasteiger charge is -2.48. The van der Waals surface area contributed by atoms with Crippen molar-refractivity contribution in [3.63, 3.8) is 0 Å². The van der Waals surface area contributed by atoms with E-state index >= 15 is 0 Å². The molecule has 8 nitrogen and oxygen atoms in total. The van der Waals surface area contributed by atoms with Crippen molar-refractivity contribution in [3.8, 4) is 50.6 Å². The van der Waals surface area contributed by atoms with Crippen molar-refractivity contribution in [2.24, 2.45) is 0 Å². The monoisotopic (exact) mass is 1540 g/mol. The van der Waals surface area contributed by atoms with E-state index in [1.807, 2.05) is 0 Å². The molecule has 0 N–H and O–H groups in total. The number of fused-ring (bicyclic) bond motifs is 9. The number of para-hydroxylation sites is 11. The summed E-state index contributed by atoms with van der Waals surface area (Å²) in [5, 5.41) is 0. The Balaban J connectivity index is 0.895. The van der Waals surface area contributed by atoms with Crippen LogP contribution in [0.5, 0.6) is 17.2 Å². The van der Waals surface area contributed by atoms with E-state index in [9.17, 15) is 0 Å². The molecule has 0 aromatic heterocycles. The second-order valence-electron chi connectivity index (χ2n) is 31.7. The second-order valence-corrected chi connectivity index (χ2v) is 31.7. The van der Waals surface area contributed by atoms with Gasteiger partial charge in [0.15, 0.2) is 0 Å². The fraction of sp³-hybridized carbons (Fsp3) is 0.0642. The van der Waals surface area contributed by atoms with E-state index in [4.69, 9.17) is 9.47 Å². The van der Waals surface area contributed by atoms with Gasteiger partial charge in [-0.3, -0.25) is 0 Å². The van der Waals surface area contributed by atoms with Crippen LogP contribution in [0.1, 0.15) is 20.8 Å². The minimum absolute atomic E-state index is 0.114. The molecule has 0 aliphatic carbocycles. The van der Waals surface area contributed by atoms with Gasteiger partial charge in [0.25, 0.3) is 13.4 Å². The normalized spacial score (nSPS) is 12.9. The Hall–Kier alpha value is -14.7. The topological polar surface area (TPSA) is 37.9 Å². The average Bonchev–Trinajstić information content (AvgIpc) is 0.672. The highest BCUT2D eigenvalue weighted by molar-refractivity contribution is 7.04. The van der Waals surface area contributed by atoms with Crippen molar-refractivity contribution < 1.29 is 9.47 Å². The van der Waals surface area contributed by atoms with Crippen molar-refractivity contribution in [3.05, 3.63) is 419 Å². The molecule has 0 saturated heterocycles. The predicted octanol–water partition coefficient (Wildman–Crippen LogP) is 23.0. The molecule has 4 heterocycles. The Morgan fingerprint density at radius 2 is 0.792 bits per heavy atom. The molecule has 0 spiro atoms. The van der Waals surface area contributed by atoms with Crippen LogP contribution in [0, 0.1) is 0 Å². The smallest absolute Gasteiger partial charge is 0.256 e. The molecule has 1 unspecified atom stereocenters. The van der Waals surface area contributed by atoms with Crippen LogP contribution in [0.2, 0.25) is 5.82 Å². The van der Waals surface area contributed by atoms with Crippen molar-refractivity contribution in [1.29, 1.82) is 0 Å². The summed E-state index contributed by atoms with van der Waals surface area (Å²) in [6.45, 7) is 6.45. The highest BCUT2D eigenvalue weighted by atomic mass is 16.5. The third-order valence-electron chi connectivity index (χ3n) is 25.0. The van der Waals surface area contributed by atoms with Gasteiger partial charge in [0.1, 0.15) is 17.2 Å². The number of benzene rings is 17. The third kappa shape index (κ3) is 12.5. The second kappa shape index (κ2) is 31.1. The molecular formula is C109H85B3N6O2. The number of hydrogen-bond acceptors (Lipinski definition) is 8. The first-order valence-electron chi connectivity index (χ1n) is 41.9. The number of anilines is 16. The molecule has 0 bridgehead atoms. The Kier molecular flexibility index (Phi) is 18.9. The minimum Gasteiger partial charge on any atom is -0.494 e. The van der Waals surface area contributed by atoms with Crippen molar-refractivity contribution in [2.45, 2.75) is 32.6 Å². The molecule has 0 saturated carbocycles. The predicted molar refractivity (Wildman–Crippen MR) is 508 cm³/mol. The summed E-state index contributed by atoms with van der Waals surface area (Å²) in [6.07, 6.45) is 0. The lowest BCUT2D eigenvalue weighted by atomic mass is 9.28. The van der Waals surface area contributed by atoms with Crippen molar-refractivity contribution in [1.82, 2.24) is 0 Å². The molecular weight excluding hydrogens is 1460 g/mol. The number of ether oxygens (including phenoxy) is 2. The fourth-order valence-electron chi connectivity index (χ4n) is 19.7. The molecule has 4 aliphatic rings. The Labute approximate surface area is 704 Å². The first-order valence-corrected chi connectivity index (χ1v) is 41.9. The maximum atomic E-state index is 8.28. The van der Waals surface area contributed by atoms with Crippen LogP contribution in [0.3, 0.4) is 0 Å². The standard InChI is InChI=1S/C109H85B3N6O2/c1-5-119-103-68-39-35-64-91(103)110(75(2)76(3)114(81-50-23-10-24-51-81)95-66-37-33-60-87(95)77-42-15-6-16-43-77)93-72-94-98(73-97(93)113(4)80-48-21-9-22-49-80)117(85-58-31-14-32-59-85)101-74-102-107(109-106(101)111(94)92-65-36-40-69-104(92)120-109)112-90-63-34-38-67-96(90)116(84-56-29-13-30-57-84)99-70-86(115(82-52-25-11-26-53-82)83-54-27-12-28-55-83)71-100(105(99)112)118(102)108-88(78-44-17-7-18-45-78)61-41-62-89(108)79-46-19-8-20-47-79/h6-76H,5H2,1-4H3/t75-,76?/m1/s1. The molecule has 4 aliphatic heterocycles. The van der Waals surface area contributed by atoms with E-state index in [-0.39, 0.29) is 25.3 Å². The van der Waals surface area contributed by atoms with Crippen molar-refractivity contribution in [2.75, 3.05) is 43.1 Å². The molecule has 572 valence electrons. The molecule has 21 rings (SSSR count). The van der Waals surface area contributed by atoms with Crippen LogP contribution in [-0.4, -0.2) is 39.8 Å². The van der Waals surface area contributed by atoms with E-state index < -0.39 is 6.71 Å². The zero-order valence-corrected chi connectivity index (χ0v) is 67.4. The number of nitrogens with zero attached hydrogens (tertiary/aromatic N) is 6. The third-order valence-corrected chi connectivity index (χ3v) is 25.0. The Morgan fingerprint density at radius 3 is 1.39 bits per heavy atom. The Bertz CT molecular complexity index is 6540. The van der Waals surface area contributed by atoms with Gasteiger partial charge in [-0.2, -0.15) is 0 Å². The van der Waals surface area contributed by atoms with Gasteiger partial charge in [0, 0.05) is 109 Å². The summed E-state index contributed by atoms with van der Waals surface area (Å²) in [5.74, 6) is 2.40. The van der Waals surface area contributed by atoms with E-state index in [1.165, 1.54) is 10.9 Å². The molecule has 0 amide bonds. The van der Waals surface area contributed by atoms with Gasteiger partial charge in [-0.25, -0.2) is 0 Å². The van der Waals surface area contributed by atoms with Crippen LogP contribution >= 0.6 is 0 Å². The van der Waals surface area contributed by atoms with Crippen molar-refractivity contribution >= 4 is 155 Å². The van der Waals surface area contributed by atoms with Gasteiger partial charge < -0.3 is 38.9 Å². The first kappa shape index (κ1) is 73.0. The molecule has 0 radical (unpaired) electrons. The van der Waals surface area contributed by atoms with Gasteiger partial charge in [0.05, 0.1) is 18.0 Å².